The molecule has 0 radical (unpaired) electrons. The molecular formula is C19H14N2. The van der Waals surface area contributed by atoms with Gasteiger partial charge in [0.05, 0.1) is 16.7 Å². The largest absolute Gasteiger partial charge is 0.354 e. The number of hydrogen-bond donors (Lipinski definition) is 1. The second kappa shape index (κ2) is 4.91. The van der Waals surface area contributed by atoms with E-state index < -0.39 is 0 Å². The fourth-order valence-electron chi connectivity index (χ4n) is 2.58. The zero-order chi connectivity index (χ0) is 14.1. The monoisotopic (exact) mass is 270 g/mol. The minimum Gasteiger partial charge on any atom is -0.354 e. The van der Waals surface area contributed by atoms with Gasteiger partial charge in [0, 0.05) is 16.5 Å². The van der Waals surface area contributed by atoms with Crippen LogP contribution in [0.15, 0.2) is 78.9 Å². The van der Waals surface area contributed by atoms with Crippen molar-refractivity contribution in [2.24, 2.45) is 0 Å². The fourth-order valence-corrected chi connectivity index (χ4v) is 2.58. The molecule has 4 rings (SSSR count). The highest BCUT2D eigenvalue weighted by molar-refractivity contribution is 5.99. The Morgan fingerprint density at radius 1 is 0.667 bits per heavy atom. The lowest BCUT2D eigenvalue weighted by Gasteiger charge is -2.10. The Bertz CT molecular complexity index is 914. The average molecular weight is 270 g/mol. The molecule has 0 fully saturated rings. The van der Waals surface area contributed by atoms with E-state index in [2.05, 4.69) is 47.8 Å². The molecule has 2 heteroatoms. The summed E-state index contributed by atoms with van der Waals surface area (Å²) in [7, 11) is 0. The van der Waals surface area contributed by atoms with E-state index in [9.17, 15) is 0 Å². The molecule has 0 unspecified atom stereocenters. The predicted molar refractivity (Wildman–Crippen MR) is 89.0 cm³/mol. The van der Waals surface area contributed by atoms with Crippen LogP contribution < -0.4 is 5.32 Å². The van der Waals surface area contributed by atoms with Gasteiger partial charge < -0.3 is 5.32 Å². The number of hydrogen-bond acceptors (Lipinski definition) is 2. The van der Waals surface area contributed by atoms with Crippen molar-refractivity contribution in [1.82, 2.24) is 4.98 Å². The van der Waals surface area contributed by atoms with E-state index in [1.54, 1.807) is 0 Å². The number of nitrogens with one attached hydrogen (secondary N) is 1. The van der Waals surface area contributed by atoms with Gasteiger partial charge in [-0.3, -0.25) is 0 Å². The van der Waals surface area contributed by atoms with Crippen LogP contribution in [0.5, 0.6) is 0 Å². The Morgan fingerprint density at radius 3 is 2.33 bits per heavy atom. The molecule has 21 heavy (non-hydrogen) atoms. The van der Waals surface area contributed by atoms with Crippen LogP contribution in [0.1, 0.15) is 0 Å². The number of nitrogens with zero attached hydrogens (tertiary/aromatic N) is 1. The molecule has 1 heterocycles. The maximum atomic E-state index is 4.81. The van der Waals surface area contributed by atoms with E-state index in [1.165, 1.54) is 5.39 Å². The Hall–Kier alpha value is -2.87. The van der Waals surface area contributed by atoms with Gasteiger partial charge in [-0.15, -0.1) is 0 Å². The van der Waals surface area contributed by atoms with Crippen molar-refractivity contribution in [1.29, 1.82) is 0 Å². The average Bonchev–Trinajstić information content (AvgIpc) is 2.54. The fraction of sp³-hybridized carbons (Fsp3) is 0. The Morgan fingerprint density at radius 2 is 1.43 bits per heavy atom. The van der Waals surface area contributed by atoms with Gasteiger partial charge in [-0.25, -0.2) is 4.98 Å². The molecular weight excluding hydrogens is 256 g/mol. The number of fused-ring (bicyclic) bond motifs is 2. The third-order valence-corrected chi connectivity index (χ3v) is 3.60. The number of rotatable bonds is 2. The molecule has 0 spiro atoms. The second-order valence-electron chi connectivity index (χ2n) is 5.05. The summed E-state index contributed by atoms with van der Waals surface area (Å²) >= 11 is 0. The normalized spacial score (nSPS) is 10.9. The van der Waals surface area contributed by atoms with E-state index >= 15 is 0 Å². The first-order valence-electron chi connectivity index (χ1n) is 7.01. The van der Waals surface area contributed by atoms with Crippen LogP contribution >= 0.6 is 0 Å². The first-order valence-corrected chi connectivity index (χ1v) is 7.01. The molecule has 1 N–H and O–H groups in total. The molecule has 3 aromatic carbocycles. The van der Waals surface area contributed by atoms with Crippen LogP contribution in [0.25, 0.3) is 21.8 Å². The van der Waals surface area contributed by atoms with Crippen LogP contribution in [0.4, 0.5) is 11.4 Å². The Labute approximate surface area is 123 Å². The smallest absolute Gasteiger partial charge is 0.0944 e. The molecule has 0 atom stereocenters. The van der Waals surface area contributed by atoms with E-state index in [4.69, 9.17) is 4.98 Å². The van der Waals surface area contributed by atoms with Crippen LogP contribution in [0.3, 0.4) is 0 Å². The molecule has 0 saturated heterocycles. The standard InChI is InChI=1S/C19H14N2/c1-2-9-16(10-3-1)20-18-12-6-8-15-13-14-7-4-5-11-17(14)21-19(15)18/h1-13,20H. The third-order valence-electron chi connectivity index (χ3n) is 3.60. The zero-order valence-corrected chi connectivity index (χ0v) is 11.5. The number of pyridine rings is 1. The quantitative estimate of drug-likeness (QED) is 0.511. The summed E-state index contributed by atoms with van der Waals surface area (Å²) < 4.78 is 0. The molecule has 100 valence electrons. The van der Waals surface area contributed by atoms with Crippen molar-refractivity contribution < 1.29 is 0 Å². The van der Waals surface area contributed by atoms with Gasteiger partial charge >= 0.3 is 0 Å². The summed E-state index contributed by atoms with van der Waals surface area (Å²) in [6.45, 7) is 0. The van der Waals surface area contributed by atoms with Crippen LogP contribution in [-0.2, 0) is 0 Å². The van der Waals surface area contributed by atoms with E-state index in [0.717, 1.165) is 27.8 Å². The lowest BCUT2D eigenvalue weighted by atomic mass is 10.1. The van der Waals surface area contributed by atoms with Crippen molar-refractivity contribution >= 4 is 33.2 Å². The van der Waals surface area contributed by atoms with Gasteiger partial charge in [-0.2, -0.15) is 0 Å². The van der Waals surface area contributed by atoms with Crippen LogP contribution in [0, 0.1) is 0 Å². The van der Waals surface area contributed by atoms with Gasteiger partial charge in [-0.1, -0.05) is 48.5 Å². The molecule has 4 aromatic rings. The molecule has 0 amide bonds. The van der Waals surface area contributed by atoms with Gasteiger partial charge in [0.25, 0.3) is 0 Å². The van der Waals surface area contributed by atoms with Crippen molar-refractivity contribution in [2.75, 3.05) is 5.32 Å². The van der Waals surface area contributed by atoms with Crippen molar-refractivity contribution in [2.45, 2.75) is 0 Å². The van der Waals surface area contributed by atoms with Crippen molar-refractivity contribution in [3.05, 3.63) is 78.9 Å². The first-order chi connectivity index (χ1) is 10.4. The summed E-state index contributed by atoms with van der Waals surface area (Å²) in [6.07, 6.45) is 0. The van der Waals surface area contributed by atoms with Crippen molar-refractivity contribution in [3.8, 4) is 0 Å². The second-order valence-corrected chi connectivity index (χ2v) is 5.05. The van der Waals surface area contributed by atoms with Gasteiger partial charge in [0.1, 0.15) is 0 Å². The summed E-state index contributed by atoms with van der Waals surface area (Å²) in [5.41, 5.74) is 4.12. The lowest BCUT2D eigenvalue weighted by molar-refractivity contribution is 1.47. The third kappa shape index (κ3) is 2.21. The molecule has 0 saturated carbocycles. The van der Waals surface area contributed by atoms with Crippen LogP contribution in [0.2, 0.25) is 0 Å². The van der Waals surface area contributed by atoms with Gasteiger partial charge in [-0.05, 0) is 30.3 Å². The molecule has 1 aromatic heterocycles. The van der Waals surface area contributed by atoms with E-state index in [-0.39, 0.29) is 0 Å². The number of para-hydroxylation sites is 3. The summed E-state index contributed by atoms with van der Waals surface area (Å²) in [4.78, 5) is 4.81. The maximum absolute atomic E-state index is 4.81. The van der Waals surface area contributed by atoms with E-state index in [0.29, 0.717) is 0 Å². The van der Waals surface area contributed by atoms with Crippen molar-refractivity contribution in [3.63, 3.8) is 0 Å². The van der Waals surface area contributed by atoms with Crippen LogP contribution in [-0.4, -0.2) is 4.98 Å². The first kappa shape index (κ1) is 11.9. The summed E-state index contributed by atoms with van der Waals surface area (Å²) in [5, 5.41) is 5.77. The highest BCUT2D eigenvalue weighted by Gasteiger charge is 2.04. The Balaban J connectivity index is 1.90. The highest BCUT2D eigenvalue weighted by Crippen LogP contribution is 2.27. The van der Waals surface area contributed by atoms with E-state index in [1.807, 2.05) is 36.4 Å². The molecule has 0 aliphatic carbocycles. The molecule has 0 aliphatic rings. The molecule has 0 aliphatic heterocycles. The summed E-state index contributed by atoms with van der Waals surface area (Å²) in [5.74, 6) is 0. The lowest BCUT2D eigenvalue weighted by Crippen LogP contribution is -1.93. The number of aromatic nitrogens is 1. The predicted octanol–water partition coefficient (Wildman–Crippen LogP) is 5.13. The zero-order valence-electron chi connectivity index (χ0n) is 11.5. The number of benzene rings is 3. The van der Waals surface area contributed by atoms with Gasteiger partial charge in [0.2, 0.25) is 0 Å². The minimum atomic E-state index is 1.00. The molecule has 0 bridgehead atoms. The Kier molecular flexibility index (Phi) is 2.79. The molecule has 2 nitrogen and oxygen atoms in total. The van der Waals surface area contributed by atoms with Gasteiger partial charge in [0.15, 0.2) is 0 Å². The minimum absolute atomic E-state index is 1.00. The number of anilines is 2. The topological polar surface area (TPSA) is 24.9 Å². The maximum Gasteiger partial charge on any atom is 0.0944 e. The SMILES string of the molecule is c1ccc(Nc2cccc3cc4ccccc4nc23)cc1. The summed E-state index contributed by atoms with van der Waals surface area (Å²) in [6, 6.07) is 26.8. The highest BCUT2D eigenvalue weighted by atomic mass is 14.9.